The fourth-order valence-corrected chi connectivity index (χ4v) is 1.62. The number of carbonyl (C=O) groups excluding carboxylic acids is 1. The van der Waals surface area contributed by atoms with Gasteiger partial charge in [0.15, 0.2) is 0 Å². The molecule has 18 heavy (non-hydrogen) atoms. The molecule has 0 aromatic heterocycles. The molecule has 0 saturated carbocycles. The summed E-state index contributed by atoms with van der Waals surface area (Å²) in [6.45, 7) is 11.6. The maximum Gasteiger partial charge on any atom is 0.302 e. The molecule has 0 rings (SSSR count). The third-order valence-corrected chi connectivity index (χ3v) is 2.86. The highest BCUT2D eigenvalue weighted by Gasteiger charge is 2.02. The van der Waals surface area contributed by atoms with E-state index in [-0.39, 0.29) is 5.97 Å². The summed E-state index contributed by atoms with van der Waals surface area (Å²) in [5.41, 5.74) is 1.13. The van der Waals surface area contributed by atoms with Gasteiger partial charge in [-0.1, -0.05) is 32.8 Å². The number of rotatable bonds is 10. The largest absolute Gasteiger partial charge is 0.461 e. The molecular formula is C15H29NO2. The first-order valence-electron chi connectivity index (χ1n) is 7.11. The molecule has 0 aliphatic carbocycles. The number of hydrogen-bond donors (Lipinski definition) is 0. The van der Waals surface area contributed by atoms with Gasteiger partial charge in [0.05, 0.1) is 0 Å². The van der Waals surface area contributed by atoms with Crippen molar-refractivity contribution in [2.45, 2.75) is 53.4 Å². The Morgan fingerprint density at radius 2 is 1.67 bits per heavy atom. The molecule has 0 N–H and O–H groups in total. The molecule has 0 amide bonds. The Balaban J connectivity index is 4.03. The Hall–Kier alpha value is -0.830. The smallest absolute Gasteiger partial charge is 0.302 e. The Labute approximate surface area is 112 Å². The number of esters is 1. The second-order valence-electron chi connectivity index (χ2n) is 4.84. The fourth-order valence-electron chi connectivity index (χ4n) is 1.62. The van der Waals surface area contributed by atoms with Crippen LogP contribution in [0.2, 0.25) is 0 Å². The summed E-state index contributed by atoms with van der Waals surface area (Å²) in [5.74, 6) is -0.212. The Morgan fingerprint density at radius 3 is 2.11 bits per heavy atom. The summed E-state index contributed by atoms with van der Waals surface area (Å²) in [4.78, 5) is 13.2. The molecule has 106 valence electrons. The van der Waals surface area contributed by atoms with Crippen molar-refractivity contribution >= 4 is 5.97 Å². The number of nitrogens with zero attached hydrogens (tertiary/aromatic N) is 1. The first-order chi connectivity index (χ1) is 8.60. The minimum Gasteiger partial charge on any atom is -0.461 e. The van der Waals surface area contributed by atoms with Crippen molar-refractivity contribution in [3.63, 3.8) is 0 Å². The highest BCUT2D eigenvalue weighted by atomic mass is 16.5. The van der Waals surface area contributed by atoms with E-state index in [9.17, 15) is 4.79 Å². The predicted octanol–water partition coefficient (Wildman–Crippen LogP) is 3.40. The lowest BCUT2D eigenvalue weighted by Gasteiger charge is -2.20. The summed E-state index contributed by atoms with van der Waals surface area (Å²) in [5, 5.41) is 0. The van der Waals surface area contributed by atoms with Crippen LogP contribution in [0.4, 0.5) is 0 Å². The Morgan fingerprint density at radius 1 is 1.11 bits per heavy atom. The average Bonchev–Trinajstić information content (AvgIpc) is 2.35. The van der Waals surface area contributed by atoms with Crippen molar-refractivity contribution in [1.82, 2.24) is 4.90 Å². The first-order valence-corrected chi connectivity index (χ1v) is 7.11. The highest BCUT2D eigenvalue weighted by Crippen LogP contribution is 2.02. The zero-order valence-electron chi connectivity index (χ0n) is 12.5. The third-order valence-electron chi connectivity index (χ3n) is 2.86. The lowest BCUT2D eigenvalue weighted by Crippen LogP contribution is -2.26. The summed E-state index contributed by atoms with van der Waals surface area (Å²) < 4.78 is 4.97. The second kappa shape index (κ2) is 11.3. The van der Waals surface area contributed by atoms with Crippen molar-refractivity contribution in [3.8, 4) is 0 Å². The Bertz CT molecular complexity index is 241. The SMILES string of the molecule is CCCCN(C/C=C(\C)COC(C)=O)CCCC. The van der Waals surface area contributed by atoms with Gasteiger partial charge in [0.1, 0.15) is 6.61 Å². The van der Waals surface area contributed by atoms with E-state index in [0.717, 1.165) is 25.2 Å². The molecule has 0 atom stereocenters. The van der Waals surface area contributed by atoms with Crippen LogP contribution >= 0.6 is 0 Å². The molecular weight excluding hydrogens is 226 g/mol. The minimum absolute atomic E-state index is 0.212. The molecule has 0 radical (unpaired) electrons. The molecule has 0 unspecified atom stereocenters. The summed E-state index contributed by atoms with van der Waals surface area (Å²) in [7, 11) is 0. The van der Waals surface area contributed by atoms with E-state index in [1.807, 2.05) is 6.92 Å². The molecule has 0 heterocycles. The summed E-state index contributed by atoms with van der Waals surface area (Å²) in [6, 6.07) is 0. The molecule has 3 heteroatoms. The second-order valence-corrected chi connectivity index (χ2v) is 4.84. The van der Waals surface area contributed by atoms with E-state index in [4.69, 9.17) is 4.74 Å². The van der Waals surface area contributed by atoms with Gasteiger partial charge in [0.25, 0.3) is 0 Å². The van der Waals surface area contributed by atoms with E-state index >= 15 is 0 Å². The standard InChI is InChI=1S/C15H29NO2/c1-5-7-10-16(11-8-6-2)12-9-14(3)13-18-15(4)17/h9H,5-8,10-13H2,1-4H3/b14-9+. The Kier molecular flexibility index (Phi) is 10.8. The van der Waals surface area contributed by atoms with Gasteiger partial charge in [0.2, 0.25) is 0 Å². The van der Waals surface area contributed by atoms with Crippen molar-refractivity contribution < 1.29 is 9.53 Å². The normalized spacial score (nSPS) is 11.9. The van der Waals surface area contributed by atoms with Gasteiger partial charge >= 0.3 is 5.97 Å². The molecule has 0 bridgehead atoms. The molecule has 0 saturated heterocycles. The lowest BCUT2D eigenvalue weighted by molar-refractivity contribution is -0.139. The van der Waals surface area contributed by atoms with Crippen molar-refractivity contribution in [2.75, 3.05) is 26.2 Å². The van der Waals surface area contributed by atoms with Crippen LogP contribution in [0.1, 0.15) is 53.4 Å². The summed E-state index contributed by atoms with van der Waals surface area (Å²) in [6.07, 6.45) is 7.15. The molecule has 0 fully saturated rings. The molecule has 0 aliphatic heterocycles. The first kappa shape index (κ1) is 17.2. The predicted molar refractivity (Wildman–Crippen MR) is 76.6 cm³/mol. The minimum atomic E-state index is -0.212. The molecule has 0 spiro atoms. The average molecular weight is 255 g/mol. The van der Waals surface area contributed by atoms with Gasteiger partial charge in [0, 0.05) is 13.5 Å². The zero-order valence-corrected chi connectivity index (χ0v) is 12.5. The molecule has 0 aliphatic rings. The zero-order chi connectivity index (χ0) is 13.8. The van der Waals surface area contributed by atoms with Crippen LogP contribution in [0.3, 0.4) is 0 Å². The number of carbonyl (C=O) groups is 1. The van der Waals surface area contributed by atoms with Crippen LogP contribution in [-0.2, 0) is 9.53 Å². The summed E-state index contributed by atoms with van der Waals surface area (Å²) >= 11 is 0. The molecule has 0 aromatic rings. The van der Waals surface area contributed by atoms with Gasteiger partial charge in [-0.3, -0.25) is 9.69 Å². The van der Waals surface area contributed by atoms with E-state index in [1.165, 1.54) is 32.6 Å². The molecule has 3 nitrogen and oxygen atoms in total. The van der Waals surface area contributed by atoms with Gasteiger partial charge in [-0.2, -0.15) is 0 Å². The lowest BCUT2D eigenvalue weighted by atomic mass is 10.2. The van der Waals surface area contributed by atoms with E-state index < -0.39 is 0 Å². The van der Waals surface area contributed by atoms with Crippen LogP contribution < -0.4 is 0 Å². The fraction of sp³-hybridized carbons (Fsp3) is 0.800. The number of hydrogen-bond acceptors (Lipinski definition) is 3. The van der Waals surface area contributed by atoms with Crippen LogP contribution in [0.15, 0.2) is 11.6 Å². The monoisotopic (exact) mass is 255 g/mol. The van der Waals surface area contributed by atoms with E-state index in [1.54, 1.807) is 0 Å². The quantitative estimate of drug-likeness (QED) is 0.442. The van der Waals surface area contributed by atoms with E-state index in [0.29, 0.717) is 6.61 Å². The molecule has 0 aromatic carbocycles. The topological polar surface area (TPSA) is 29.5 Å². The van der Waals surface area contributed by atoms with Crippen LogP contribution in [0, 0.1) is 0 Å². The van der Waals surface area contributed by atoms with Crippen molar-refractivity contribution in [3.05, 3.63) is 11.6 Å². The highest BCUT2D eigenvalue weighted by molar-refractivity contribution is 5.66. The van der Waals surface area contributed by atoms with Crippen molar-refractivity contribution in [1.29, 1.82) is 0 Å². The number of unbranched alkanes of at least 4 members (excludes halogenated alkanes) is 2. The van der Waals surface area contributed by atoms with Gasteiger partial charge in [-0.15, -0.1) is 0 Å². The van der Waals surface area contributed by atoms with Crippen LogP contribution in [-0.4, -0.2) is 37.1 Å². The van der Waals surface area contributed by atoms with Gasteiger partial charge < -0.3 is 4.74 Å². The van der Waals surface area contributed by atoms with E-state index in [2.05, 4.69) is 24.8 Å². The van der Waals surface area contributed by atoms with Crippen LogP contribution in [0.25, 0.3) is 0 Å². The maximum atomic E-state index is 10.7. The van der Waals surface area contributed by atoms with Gasteiger partial charge in [-0.25, -0.2) is 0 Å². The maximum absolute atomic E-state index is 10.7. The number of ether oxygens (including phenoxy) is 1. The van der Waals surface area contributed by atoms with Crippen molar-refractivity contribution in [2.24, 2.45) is 0 Å². The third kappa shape index (κ3) is 10.3. The van der Waals surface area contributed by atoms with Crippen LogP contribution in [0.5, 0.6) is 0 Å². The van der Waals surface area contributed by atoms with Gasteiger partial charge in [-0.05, 0) is 38.4 Å².